The molecule has 3 aliphatic rings. The molecule has 2 N–H and O–H groups in total. The Morgan fingerprint density at radius 2 is 1.77 bits per heavy atom. The van der Waals surface area contributed by atoms with Crippen LogP contribution in [0.4, 0.5) is 4.79 Å². The Morgan fingerprint density at radius 3 is 2.43 bits per heavy atom. The third-order valence-electron chi connectivity index (χ3n) is 7.01. The first-order valence-corrected chi connectivity index (χ1v) is 12.9. The number of nitrogens with one attached hydrogen (secondary N) is 1. The number of alkyl carbamates (subject to hydrolysis) is 1. The van der Waals surface area contributed by atoms with Gasteiger partial charge in [0.2, 0.25) is 5.91 Å². The van der Waals surface area contributed by atoms with Crippen molar-refractivity contribution in [1.29, 1.82) is 0 Å². The Morgan fingerprint density at radius 1 is 1.11 bits per heavy atom. The Balaban J connectivity index is 1.12. The summed E-state index contributed by atoms with van der Waals surface area (Å²) >= 11 is 1.46. The molecule has 9 heteroatoms. The second-order valence-corrected chi connectivity index (χ2v) is 10.5. The van der Waals surface area contributed by atoms with Crippen LogP contribution in [0.15, 0.2) is 48.5 Å². The zero-order chi connectivity index (χ0) is 24.5. The van der Waals surface area contributed by atoms with E-state index in [1.807, 2.05) is 31.2 Å². The van der Waals surface area contributed by atoms with Crippen LogP contribution in [0, 0.1) is 5.92 Å². The number of fused-ring (bicyclic) bond motifs is 3. The lowest BCUT2D eigenvalue weighted by Gasteiger charge is -2.27. The van der Waals surface area contributed by atoms with Crippen molar-refractivity contribution in [1.82, 2.24) is 10.2 Å². The Kier molecular flexibility index (Phi) is 6.71. The number of nitrogens with zero attached hydrogens (tertiary/aromatic N) is 1. The second kappa shape index (κ2) is 9.91. The van der Waals surface area contributed by atoms with Gasteiger partial charge in [-0.15, -0.1) is 11.8 Å². The molecule has 2 aromatic rings. The number of hydrogen-bond acceptors (Lipinski definition) is 6. The lowest BCUT2D eigenvalue weighted by atomic mass is 9.98. The van der Waals surface area contributed by atoms with Gasteiger partial charge in [-0.05, 0) is 35.6 Å². The van der Waals surface area contributed by atoms with Gasteiger partial charge in [0, 0.05) is 18.2 Å². The number of ether oxygens (including phenoxy) is 2. The molecule has 2 heterocycles. The molecule has 2 fully saturated rings. The molecule has 4 unspecified atom stereocenters. The molecular formula is C26H28N2O6S. The smallest absolute Gasteiger partial charge is 0.407 e. The molecule has 2 aliphatic heterocycles. The summed E-state index contributed by atoms with van der Waals surface area (Å²) in [5.74, 6) is -1.21. The molecule has 2 aromatic carbocycles. The maximum absolute atomic E-state index is 13.0. The molecule has 0 radical (unpaired) electrons. The summed E-state index contributed by atoms with van der Waals surface area (Å²) in [7, 11) is 0. The number of thioether (sulfide) groups is 1. The number of aliphatic carboxylic acids is 1. The van der Waals surface area contributed by atoms with E-state index in [4.69, 9.17) is 9.47 Å². The normalized spacial score (nSPS) is 25.2. The first-order valence-electron chi connectivity index (χ1n) is 11.8. The first-order chi connectivity index (χ1) is 16.9. The Bertz CT molecular complexity index is 1090. The topological polar surface area (TPSA) is 105 Å². The van der Waals surface area contributed by atoms with Crippen molar-refractivity contribution in [2.24, 2.45) is 5.92 Å². The van der Waals surface area contributed by atoms with Crippen molar-refractivity contribution in [3.63, 3.8) is 0 Å². The van der Waals surface area contributed by atoms with Gasteiger partial charge in [0.15, 0.2) is 0 Å². The SMILES string of the molecule is CC1SCC(C(=O)O)N1C(=O)C1COC(CNC(=O)OCC2c3ccccc3-c3ccccc32)C1. The number of hydrogen-bond donors (Lipinski definition) is 2. The van der Waals surface area contributed by atoms with Crippen molar-refractivity contribution < 1.29 is 29.0 Å². The van der Waals surface area contributed by atoms with Crippen LogP contribution in [0.2, 0.25) is 0 Å². The quantitative estimate of drug-likeness (QED) is 0.632. The summed E-state index contributed by atoms with van der Waals surface area (Å²) in [6, 6.07) is 15.5. The van der Waals surface area contributed by atoms with Crippen molar-refractivity contribution in [2.45, 2.75) is 36.8 Å². The van der Waals surface area contributed by atoms with Crippen LogP contribution in [-0.4, -0.2) is 71.0 Å². The monoisotopic (exact) mass is 496 g/mol. The van der Waals surface area contributed by atoms with Crippen molar-refractivity contribution >= 4 is 29.7 Å². The molecule has 4 atom stereocenters. The molecule has 2 amide bonds. The second-order valence-electron chi connectivity index (χ2n) is 9.13. The van der Waals surface area contributed by atoms with Crippen LogP contribution in [0.5, 0.6) is 0 Å². The summed E-state index contributed by atoms with van der Waals surface area (Å²) < 4.78 is 11.3. The van der Waals surface area contributed by atoms with Crippen LogP contribution in [0.25, 0.3) is 11.1 Å². The van der Waals surface area contributed by atoms with Crippen molar-refractivity contribution in [2.75, 3.05) is 25.5 Å². The van der Waals surface area contributed by atoms with Crippen LogP contribution in [-0.2, 0) is 19.1 Å². The highest BCUT2D eigenvalue weighted by atomic mass is 32.2. The molecule has 0 saturated carbocycles. The van der Waals surface area contributed by atoms with E-state index in [0.717, 1.165) is 11.1 Å². The molecule has 35 heavy (non-hydrogen) atoms. The zero-order valence-electron chi connectivity index (χ0n) is 19.4. The maximum atomic E-state index is 13.0. The van der Waals surface area contributed by atoms with E-state index in [-0.39, 0.29) is 43.1 Å². The number of carbonyl (C=O) groups excluding carboxylic acids is 2. The van der Waals surface area contributed by atoms with Gasteiger partial charge >= 0.3 is 12.1 Å². The zero-order valence-corrected chi connectivity index (χ0v) is 20.2. The predicted octanol–water partition coefficient (Wildman–Crippen LogP) is 3.30. The van der Waals surface area contributed by atoms with Crippen molar-refractivity contribution in [3.05, 3.63) is 59.7 Å². The summed E-state index contributed by atoms with van der Waals surface area (Å²) in [5, 5.41) is 12.0. The molecule has 0 bridgehead atoms. The number of benzene rings is 2. The Hall–Kier alpha value is -3.04. The largest absolute Gasteiger partial charge is 0.480 e. The average Bonchev–Trinajstić information content (AvgIpc) is 3.57. The minimum absolute atomic E-state index is 0.0135. The maximum Gasteiger partial charge on any atom is 0.407 e. The van der Waals surface area contributed by atoms with Gasteiger partial charge in [-0.1, -0.05) is 48.5 Å². The van der Waals surface area contributed by atoms with E-state index in [0.29, 0.717) is 12.2 Å². The van der Waals surface area contributed by atoms with Crippen LogP contribution < -0.4 is 5.32 Å². The number of rotatable bonds is 6. The number of carboxylic acid groups (broad SMARTS) is 1. The predicted molar refractivity (Wildman–Crippen MR) is 131 cm³/mol. The van der Waals surface area contributed by atoms with E-state index in [9.17, 15) is 19.5 Å². The highest BCUT2D eigenvalue weighted by Gasteiger charge is 2.44. The summed E-state index contributed by atoms with van der Waals surface area (Å²) in [4.78, 5) is 38.4. The number of amides is 2. The number of carboxylic acids is 1. The van der Waals surface area contributed by atoms with Gasteiger partial charge in [-0.3, -0.25) is 4.79 Å². The van der Waals surface area contributed by atoms with Gasteiger partial charge in [0.1, 0.15) is 12.6 Å². The molecule has 0 aromatic heterocycles. The Labute approximate surface area is 208 Å². The first kappa shape index (κ1) is 23.7. The van der Waals surface area contributed by atoms with E-state index < -0.39 is 24.0 Å². The van der Waals surface area contributed by atoms with E-state index in [1.165, 1.54) is 27.8 Å². The van der Waals surface area contributed by atoms with E-state index in [2.05, 4.69) is 29.6 Å². The lowest BCUT2D eigenvalue weighted by molar-refractivity contribution is -0.150. The van der Waals surface area contributed by atoms with E-state index in [1.54, 1.807) is 0 Å². The lowest BCUT2D eigenvalue weighted by Crippen LogP contribution is -2.47. The molecule has 2 saturated heterocycles. The molecule has 8 nitrogen and oxygen atoms in total. The fraction of sp³-hybridized carbons (Fsp3) is 0.423. The highest BCUT2D eigenvalue weighted by molar-refractivity contribution is 8.00. The van der Waals surface area contributed by atoms with E-state index >= 15 is 0 Å². The van der Waals surface area contributed by atoms with Crippen LogP contribution >= 0.6 is 11.8 Å². The number of carbonyl (C=O) groups is 3. The summed E-state index contributed by atoms with van der Waals surface area (Å²) in [5.41, 5.74) is 4.64. The van der Waals surface area contributed by atoms with Crippen LogP contribution in [0.3, 0.4) is 0 Å². The standard InChI is InChI=1S/C26H28N2O6S/c1-15-28(23(14-35-15)25(30)31)24(29)16-10-17(33-12-16)11-27-26(32)34-13-22-20-8-4-2-6-18(20)19-7-3-5-9-21(19)22/h2-9,15-17,22-23H,10-14H2,1H3,(H,27,32)(H,30,31). The summed E-state index contributed by atoms with van der Waals surface area (Å²) in [6.45, 7) is 2.52. The third-order valence-corrected chi connectivity index (χ3v) is 8.23. The molecule has 5 rings (SSSR count). The molecule has 0 spiro atoms. The van der Waals surface area contributed by atoms with Gasteiger partial charge in [0.25, 0.3) is 0 Å². The van der Waals surface area contributed by atoms with Gasteiger partial charge in [0.05, 0.1) is 24.0 Å². The molecule has 1 aliphatic carbocycles. The van der Waals surface area contributed by atoms with Gasteiger partial charge < -0.3 is 24.8 Å². The fourth-order valence-electron chi connectivity index (χ4n) is 5.24. The minimum Gasteiger partial charge on any atom is -0.480 e. The molecule has 184 valence electrons. The van der Waals surface area contributed by atoms with Crippen molar-refractivity contribution in [3.8, 4) is 11.1 Å². The fourth-order valence-corrected chi connectivity index (χ4v) is 6.42. The average molecular weight is 497 g/mol. The molecular weight excluding hydrogens is 468 g/mol. The van der Waals surface area contributed by atoms with Gasteiger partial charge in [-0.25, -0.2) is 9.59 Å². The van der Waals surface area contributed by atoms with Crippen LogP contribution in [0.1, 0.15) is 30.4 Å². The van der Waals surface area contributed by atoms with Gasteiger partial charge in [-0.2, -0.15) is 0 Å². The minimum atomic E-state index is -0.984. The highest BCUT2D eigenvalue weighted by Crippen LogP contribution is 2.44. The third kappa shape index (κ3) is 4.62. The summed E-state index contributed by atoms with van der Waals surface area (Å²) in [6.07, 6.45) is -0.415.